The van der Waals surface area contributed by atoms with Crippen LogP contribution in [0.15, 0.2) is 47.5 Å². The van der Waals surface area contributed by atoms with Crippen LogP contribution in [0, 0.1) is 3.57 Å². The molecule has 0 fully saturated rings. The lowest BCUT2D eigenvalue weighted by Gasteiger charge is -2.29. The highest BCUT2D eigenvalue weighted by molar-refractivity contribution is 14.1. The second-order valence-electron chi connectivity index (χ2n) is 6.68. The summed E-state index contributed by atoms with van der Waals surface area (Å²) in [6, 6.07) is 13.7. The van der Waals surface area contributed by atoms with Gasteiger partial charge in [-0.25, -0.2) is 0 Å². The lowest BCUT2D eigenvalue weighted by molar-refractivity contribution is 0.100. The highest BCUT2D eigenvalue weighted by Gasteiger charge is 2.28. The van der Waals surface area contributed by atoms with Gasteiger partial charge < -0.3 is 4.74 Å². The normalized spacial score (nSPS) is 15.4. The molecule has 124 valence electrons. The Bertz CT molecular complexity index is 824. The van der Waals surface area contributed by atoms with Crippen LogP contribution in [0.5, 0.6) is 5.75 Å². The van der Waals surface area contributed by atoms with Crippen LogP contribution >= 0.6 is 22.6 Å². The number of carbonyl (C=O) groups excluding carboxylic acids is 1. The Hall–Kier alpha value is -1.69. The van der Waals surface area contributed by atoms with Crippen molar-refractivity contribution in [2.24, 2.45) is 4.99 Å². The molecule has 2 aromatic rings. The van der Waals surface area contributed by atoms with Crippen molar-refractivity contribution in [2.45, 2.75) is 32.2 Å². The van der Waals surface area contributed by atoms with Crippen LogP contribution < -0.4 is 4.74 Å². The van der Waals surface area contributed by atoms with Gasteiger partial charge in [-0.05, 0) is 72.7 Å². The van der Waals surface area contributed by atoms with E-state index in [1.165, 1.54) is 5.56 Å². The smallest absolute Gasteiger partial charge is 0.168 e. The first kappa shape index (κ1) is 17.1. The molecule has 3 nitrogen and oxygen atoms in total. The quantitative estimate of drug-likeness (QED) is 0.518. The van der Waals surface area contributed by atoms with Crippen LogP contribution in [0.3, 0.4) is 0 Å². The van der Waals surface area contributed by atoms with Crippen molar-refractivity contribution in [1.82, 2.24) is 0 Å². The minimum absolute atomic E-state index is 0.0961. The van der Waals surface area contributed by atoms with E-state index in [1.807, 2.05) is 36.4 Å². The fourth-order valence-electron chi connectivity index (χ4n) is 3.09. The Labute approximate surface area is 156 Å². The summed E-state index contributed by atoms with van der Waals surface area (Å²) in [6.45, 7) is 4.21. The number of hydrogen-bond donors (Lipinski definition) is 0. The fraction of sp³-hybridized carbons (Fsp3) is 0.300. The number of nitrogens with zero attached hydrogens (tertiary/aromatic N) is 1. The standard InChI is InChI=1S/C20H20INO2/c1-20(2)12-14-7-8-16(24-3)10-17(14)18(22-20)11-19(23)13-5-4-6-15(21)9-13/h4-10H,11-12H2,1-3H3. The van der Waals surface area contributed by atoms with Crippen LogP contribution in [0.1, 0.15) is 41.8 Å². The molecule has 0 unspecified atom stereocenters. The summed E-state index contributed by atoms with van der Waals surface area (Å²) in [6.07, 6.45) is 1.18. The highest BCUT2D eigenvalue weighted by Crippen LogP contribution is 2.31. The zero-order valence-corrected chi connectivity index (χ0v) is 16.3. The van der Waals surface area contributed by atoms with E-state index in [0.717, 1.165) is 32.6 Å². The van der Waals surface area contributed by atoms with Gasteiger partial charge in [-0.2, -0.15) is 0 Å². The van der Waals surface area contributed by atoms with Gasteiger partial charge in [0.2, 0.25) is 0 Å². The number of methoxy groups -OCH3 is 1. The van der Waals surface area contributed by atoms with E-state index < -0.39 is 0 Å². The van der Waals surface area contributed by atoms with Crippen LogP contribution in [-0.4, -0.2) is 24.1 Å². The number of carbonyl (C=O) groups is 1. The number of rotatable bonds is 4. The summed E-state index contributed by atoms with van der Waals surface area (Å²) in [5.41, 5.74) is 3.65. The molecule has 24 heavy (non-hydrogen) atoms. The van der Waals surface area contributed by atoms with Gasteiger partial charge in [-0.1, -0.05) is 18.2 Å². The zero-order chi connectivity index (χ0) is 17.3. The van der Waals surface area contributed by atoms with Crippen molar-refractivity contribution in [3.8, 4) is 5.75 Å². The van der Waals surface area contributed by atoms with Crippen LogP contribution in [0.4, 0.5) is 0 Å². The van der Waals surface area contributed by atoms with Crippen LogP contribution in [-0.2, 0) is 6.42 Å². The van der Waals surface area contributed by atoms with E-state index in [2.05, 4.69) is 42.5 Å². The second-order valence-corrected chi connectivity index (χ2v) is 7.93. The summed E-state index contributed by atoms with van der Waals surface area (Å²) in [5.74, 6) is 0.890. The molecular weight excluding hydrogens is 413 g/mol. The number of aliphatic imine (C=N–C) groups is 1. The molecule has 2 aromatic carbocycles. The van der Waals surface area contributed by atoms with Crippen molar-refractivity contribution in [3.63, 3.8) is 0 Å². The molecule has 0 aromatic heterocycles. The van der Waals surface area contributed by atoms with Crippen molar-refractivity contribution in [3.05, 3.63) is 62.7 Å². The third-order valence-electron chi connectivity index (χ3n) is 4.16. The van der Waals surface area contributed by atoms with Gasteiger partial charge in [0.05, 0.1) is 24.8 Å². The Morgan fingerprint density at radius 2 is 2.04 bits per heavy atom. The predicted molar refractivity (Wildman–Crippen MR) is 105 cm³/mol. The third-order valence-corrected chi connectivity index (χ3v) is 4.83. The molecule has 1 heterocycles. The van der Waals surface area contributed by atoms with Gasteiger partial charge in [0.1, 0.15) is 5.75 Å². The molecule has 0 bridgehead atoms. The summed E-state index contributed by atoms with van der Waals surface area (Å²) >= 11 is 2.23. The number of hydrogen-bond acceptors (Lipinski definition) is 3. The van der Waals surface area contributed by atoms with Crippen LogP contribution in [0.2, 0.25) is 0 Å². The first-order chi connectivity index (χ1) is 11.4. The number of halogens is 1. The summed E-state index contributed by atoms with van der Waals surface area (Å²) < 4.78 is 6.41. The Balaban J connectivity index is 1.97. The number of fused-ring (bicyclic) bond motifs is 1. The number of ketones is 1. The lowest BCUT2D eigenvalue weighted by atomic mass is 9.85. The fourth-order valence-corrected chi connectivity index (χ4v) is 3.63. The van der Waals surface area contributed by atoms with Crippen LogP contribution in [0.25, 0.3) is 0 Å². The van der Waals surface area contributed by atoms with Crippen molar-refractivity contribution in [2.75, 3.05) is 7.11 Å². The minimum Gasteiger partial charge on any atom is -0.497 e. The molecule has 3 rings (SSSR count). The SMILES string of the molecule is COc1ccc2c(c1)C(CC(=O)c1cccc(I)c1)=NC(C)(C)C2. The van der Waals surface area contributed by atoms with E-state index >= 15 is 0 Å². The first-order valence-corrected chi connectivity index (χ1v) is 9.01. The van der Waals surface area contributed by atoms with E-state index in [1.54, 1.807) is 7.11 Å². The molecule has 0 N–H and O–H groups in total. The molecule has 0 saturated heterocycles. The zero-order valence-electron chi connectivity index (χ0n) is 14.1. The molecular formula is C20H20INO2. The second kappa shape index (κ2) is 6.67. The van der Waals surface area contributed by atoms with E-state index in [0.29, 0.717) is 6.42 Å². The molecule has 4 heteroatoms. The molecule has 0 amide bonds. The summed E-state index contributed by atoms with van der Waals surface area (Å²) in [5, 5.41) is 0. The van der Waals surface area contributed by atoms with Gasteiger partial charge in [0.25, 0.3) is 0 Å². The predicted octanol–water partition coefficient (Wildman–Crippen LogP) is 4.70. The maximum atomic E-state index is 12.7. The average molecular weight is 433 g/mol. The summed E-state index contributed by atoms with van der Waals surface area (Å²) in [4.78, 5) is 17.6. The molecule has 1 aliphatic heterocycles. The van der Waals surface area contributed by atoms with Gasteiger partial charge in [-0.15, -0.1) is 0 Å². The van der Waals surface area contributed by atoms with Gasteiger partial charge in [-0.3, -0.25) is 9.79 Å². The monoisotopic (exact) mass is 433 g/mol. The van der Waals surface area contributed by atoms with Crippen molar-refractivity contribution < 1.29 is 9.53 Å². The van der Waals surface area contributed by atoms with Gasteiger partial charge >= 0.3 is 0 Å². The molecule has 0 aliphatic carbocycles. The number of Topliss-reactive ketones (excluding diaryl/α,β-unsaturated/α-hetero) is 1. The van der Waals surface area contributed by atoms with E-state index in [9.17, 15) is 4.79 Å². The van der Waals surface area contributed by atoms with Gasteiger partial charge in [0.15, 0.2) is 5.78 Å². The summed E-state index contributed by atoms with van der Waals surface area (Å²) in [7, 11) is 1.66. The molecule has 0 atom stereocenters. The third kappa shape index (κ3) is 3.69. The topological polar surface area (TPSA) is 38.7 Å². The first-order valence-electron chi connectivity index (χ1n) is 7.93. The van der Waals surface area contributed by atoms with Crippen molar-refractivity contribution >= 4 is 34.1 Å². The molecule has 0 spiro atoms. The molecule has 1 aliphatic rings. The Morgan fingerprint density at radius 1 is 1.25 bits per heavy atom. The maximum Gasteiger partial charge on any atom is 0.168 e. The molecule has 0 radical (unpaired) electrons. The Morgan fingerprint density at radius 3 is 2.75 bits per heavy atom. The van der Waals surface area contributed by atoms with Gasteiger partial charge in [0, 0.05) is 14.7 Å². The minimum atomic E-state index is -0.192. The molecule has 0 saturated carbocycles. The average Bonchev–Trinajstić information content (AvgIpc) is 2.53. The van der Waals surface area contributed by atoms with E-state index in [-0.39, 0.29) is 11.3 Å². The highest BCUT2D eigenvalue weighted by atomic mass is 127. The van der Waals surface area contributed by atoms with Crippen molar-refractivity contribution in [1.29, 1.82) is 0 Å². The number of benzene rings is 2. The van der Waals surface area contributed by atoms with E-state index in [4.69, 9.17) is 9.73 Å². The lowest BCUT2D eigenvalue weighted by Crippen LogP contribution is -2.30. The Kier molecular flexibility index (Phi) is 4.76. The maximum absolute atomic E-state index is 12.7. The largest absolute Gasteiger partial charge is 0.497 e. The number of ether oxygens (including phenoxy) is 1.